The minimum absolute atomic E-state index is 0.0636. The number of anilines is 1. The lowest BCUT2D eigenvalue weighted by atomic mass is 10.1. The summed E-state index contributed by atoms with van der Waals surface area (Å²) in [5.41, 5.74) is 1.00. The Morgan fingerprint density at radius 3 is 2.35 bits per heavy atom. The van der Waals surface area contributed by atoms with Crippen molar-refractivity contribution in [3.63, 3.8) is 0 Å². The van der Waals surface area contributed by atoms with E-state index in [1.807, 2.05) is 49.1 Å². The van der Waals surface area contributed by atoms with Gasteiger partial charge < -0.3 is 4.90 Å². The van der Waals surface area contributed by atoms with Crippen LogP contribution in [-0.4, -0.2) is 25.2 Å². The zero-order valence-corrected chi connectivity index (χ0v) is 15.2. The molecule has 0 atom stereocenters. The topological polar surface area (TPSA) is 91.5 Å². The fourth-order valence-corrected chi connectivity index (χ4v) is 2.33. The van der Waals surface area contributed by atoms with E-state index in [9.17, 15) is 14.6 Å². The molecule has 0 saturated heterocycles. The molecule has 0 heterocycles. The van der Waals surface area contributed by atoms with Gasteiger partial charge in [-0.1, -0.05) is 38.1 Å². The molecule has 0 amide bonds. The highest BCUT2D eigenvalue weighted by Crippen LogP contribution is 2.18. The summed E-state index contributed by atoms with van der Waals surface area (Å²) in [6.45, 7) is 8.34. The summed E-state index contributed by atoms with van der Waals surface area (Å²) >= 11 is 0. The molecule has 0 unspecified atom stereocenters. The number of hydrogen-bond acceptors (Lipinski definition) is 6. The van der Waals surface area contributed by atoms with Gasteiger partial charge in [0.25, 0.3) is 0 Å². The number of aldehydes is 1. The third-order valence-corrected chi connectivity index (χ3v) is 3.79. The Morgan fingerprint density at radius 2 is 1.85 bits per heavy atom. The van der Waals surface area contributed by atoms with Gasteiger partial charge in [-0.25, -0.2) is 4.99 Å². The van der Waals surface area contributed by atoms with Gasteiger partial charge in [0.05, 0.1) is 12.1 Å². The van der Waals surface area contributed by atoms with Crippen LogP contribution in [0.2, 0.25) is 0 Å². The number of rotatable bonds is 11. The number of aliphatic imine (C=N–C) groups is 1. The van der Waals surface area contributed by atoms with Crippen molar-refractivity contribution in [2.24, 2.45) is 15.3 Å². The largest absolute Gasteiger partial charge is 0.366 e. The number of hydrogen-bond donors (Lipinski definition) is 0. The monoisotopic (exact) mass is 356 g/mol. The summed E-state index contributed by atoms with van der Waals surface area (Å²) in [5, 5.41) is 5.77. The molecule has 7 heteroatoms. The SMILES string of the molecule is C=C(CCCC)/N=C(N=O)\C(C=O)=C(/CN(CC)c1ccccc1)N=O. The average molecular weight is 356 g/mol. The van der Waals surface area contributed by atoms with E-state index in [0.717, 1.165) is 18.5 Å². The van der Waals surface area contributed by atoms with Gasteiger partial charge in [0.1, 0.15) is 5.70 Å². The van der Waals surface area contributed by atoms with Crippen molar-refractivity contribution in [2.45, 2.75) is 33.1 Å². The van der Waals surface area contributed by atoms with E-state index < -0.39 is 0 Å². The predicted octanol–water partition coefficient (Wildman–Crippen LogP) is 4.60. The minimum Gasteiger partial charge on any atom is -0.366 e. The van der Waals surface area contributed by atoms with Crippen molar-refractivity contribution in [1.29, 1.82) is 0 Å². The lowest BCUT2D eigenvalue weighted by Crippen LogP contribution is -2.26. The lowest BCUT2D eigenvalue weighted by Gasteiger charge is -2.22. The first-order chi connectivity index (χ1) is 12.6. The van der Waals surface area contributed by atoms with Gasteiger partial charge >= 0.3 is 0 Å². The van der Waals surface area contributed by atoms with Gasteiger partial charge in [0.2, 0.25) is 5.84 Å². The van der Waals surface area contributed by atoms with Gasteiger partial charge in [-0.05, 0) is 42.3 Å². The summed E-state index contributed by atoms with van der Waals surface area (Å²) in [4.78, 5) is 39.9. The molecule has 26 heavy (non-hydrogen) atoms. The smallest absolute Gasteiger partial charge is 0.209 e. The van der Waals surface area contributed by atoms with E-state index in [0.29, 0.717) is 24.9 Å². The maximum atomic E-state index is 11.5. The van der Waals surface area contributed by atoms with E-state index in [4.69, 9.17) is 0 Å². The number of carbonyl (C=O) groups excluding carboxylic acids is 1. The average Bonchev–Trinajstić information content (AvgIpc) is 2.68. The Hall–Kier alpha value is -2.96. The van der Waals surface area contributed by atoms with Crippen LogP contribution in [0.1, 0.15) is 33.1 Å². The van der Waals surface area contributed by atoms with Crippen LogP contribution in [0.3, 0.4) is 0 Å². The van der Waals surface area contributed by atoms with E-state index in [1.54, 1.807) is 0 Å². The van der Waals surface area contributed by atoms with Crippen LogP contribution in [0.15, 0.2) is 69.2 Å². The fourth-order valence-electron chi connectivity index (χ4n) is 2.33. The van der Waals surface area contributed by atoms with Crippen LogP contribution >= 0.6 is 0 Å². The number of likely N-dealkylation sites (N-methyl/N-ethyl adjacent to an activating group) is 1. The Labute approximate surface area is 153 Å². The van der Waals surface area contributed by atoms with Crippen molar-refractivity contribution in [1.82, 2.24) is 0 Å². The van der Waals surface area contributed by atoms with Crippen LogP contribution in [-0.2, 0) is 4.79 Å². The van der Waals surface area contributed by atoms with Gasteiger partial charge in [-0.3, -0.25) is 4.79 Å². The Balaban J connectivity index is 3.19. The number of para-hydroxylation sites is 1. The highest BCUT2D eigenvalue weighted by Gasteiger charge is 2.18. The van der Waals surface area contributed by atoms with Crippen molar-refractivity contribution >= 4 is 17.8 Å². The standard InChI is InChI=1S/C19H24N4O3/c1-4-6-10-15(3)20-19(22-26)17(14-24)18(21-25)13-23(5-2)16-11-8-7-9-12-16/h7-9,11-12,14H,3-6,10,13H2,1-2H3/b18-17+,20-19+. The van der Waals surface area contributed by atoms with E-state index in [-0.39, 0.29) is 23.7 Å². The molecule has 1 aromatic rings. The quantitative estimate of drug-likeness (QED) is 0.190. The number of allylic oxidation sites excluding steroid dienone is 1. The molecule has 0 aliphatic heterocycles. The molecule has 0 bridgehead atoms. The molecule has 1 rings (SSSR count). The van der Waals surface area contributed by atoms with Crippen LogP contribution in [0, 0.1) is 9.81 Å². The molecule has 7 nitrogen and oxygen atoms in total. The normalized spacial score (nSPS) is 12.2. The van der Waals surface area contributed by atoms with Gasteiger partial charge in [-0.2, -0.15) is 0 Å². The summed E-state index contributed by atoms with van der Waals surface area (Å²) < 4.78 is 0. The van der Waals surface area contributed by atoms with Crippen molar-refractivity contribution in [3.05, 3.63) is 63.7 Å². The molecule has 0 fully saturated rings. The number of amidine groups is 1. The molecule has 0 aromatic heterocycles. The number of benzene rings is 1. The third kappa shape index (κ3) is 6.16. The zero-order chi connectivity index (χ0) is 19.4. The third-order valence-electron chi connectivity index (χ3n) is 3.79. The van der Waals surface area contributed by atoms with Crippen molar-refractivity contribution < 1.29 is 4.79 Å². The Bertz CT molecular complexity index is 696. The minimum atomic E-state index is -0.361. The number of carbonyl (C=O) groups is 1. The fraction of sp³-hybridized carbons (Fsp3) is 0.368. The summed E-state index contributed by atoms with van der Waals surface area (Å²) in [7, 11) is 0. The first-order valence-electron chi connectivity index (χ1n) is 8.53. The second-order valence-electron chi connectivity index (χ2n) is 5.62. The molecule has 0 spiro atoms. The molecule has 0 aliphatic carbocycles. The van der Waals surface area contributed by atoms with E-state index in [2.05, 4.69) is 21.9 Å². The first-order valence-corrected chi connectivity index (χ1v) is 8.53. The predicted molar refractivity (Wildman–Crippen MR) is 105 cm³/mol. The maximum Gasteiger partial charge on any atom is 0.209 e. The first kappa shape index (κ1) is 21.1. The summed E-state index contributed by atoms with van der Waals surface area (Å²) in [6.07, 6.45) is 2.77. The van der Waals surface area contributed by atoms with Crippen LogP contribution in [0.5, 0.6) is 0 Å². The zero-order valence-electron chi connectivity index (χ0n) is 15.2. The summed E-state index contributed by atoms with van der Waals surface area (Å²) in [6, 6.07) is 9.38. The molecular weight excluding hydrogens is 332 g/mol. The molecule has 0 saturated carbocycles. The highest BCUT2D eigenvalue weighted by atomic mass is 16.3. The van der Waals surface area contributed by atoms with Crippen LogP contribution < -0.4 is 4.90 Å². The summed E-state index contributed by atoms with van der Waals surface area (Å²) in [5.74, 6) is -0.361. The van der Waals surface area contributed by atoms with Gasteiger partial charge in [0, 0.05) is 17.9 Å². The Kier molecular flexibility index (Phi) is 9.38. The number of nitrogens with zero attached hydrogens (tertiary/aromatic N) is 4. The van der Waals surface area contributed by atoms with Crippen molar-refractivity contribution in [3.8, 4) is 0 Å². The van der Waals surface area contributed by atoms with E-state index >= 15 is 0 Å². The highest BCUT2D eigenvalue weighted by molar-refractivity contribution is 6.15. The molecule has 0 N–H and O–H groups in total. The lowest BCUT2D eigenvalue weighted by molar-refractivity contribution is -0.104. The van der Waals surface area contributed by atoms with Gasteiger partial charge in [0.15, 0.2) is 6.29 Å². The maximum absolute atomic E-state index is 11.5. The Morgan fingerprint density at radius 1 is 1.15 bits per heavy atom. The van der Waals surface area contributed by atoms with E-state index in [1.165, 1.54) is 0 Å². The molecule has 1 aromatic carbocycles. The molecular formula is C19H24N4O3. The van der Waals surface area contributed by atoms with Crippen molar-refractivity contribution in [2.75, 3.05) is 18.0 Å². The molecule has 0 radical (unpaired) electrons. The second kappa shape index (κ2) is 11.6. The molecule has 138 valence electrons. The van der Waals surface area contributed by atoms with Gasteiger partial charge in [-0.15, -0.1) is 9.81 Å². The second-order valence-corrected chi connectivity index (χ2v) is 5.62. The van der Waals surface area contributed by atoms with Crippen LogP contribution in [0.4, 0.5) is 5.69 Å². The number of unbranched alkanes of at least 4 members (excludes halogenated alkanes) is 1. The number of nitroso groups, excluding NO2 is 2. The van der Waals surface area contributed by atoms with Crippen LogP contribution in [0.25, 0.3) is 0 Å². The molecule has 0 aliphatic rings.